The van der Waals surface area contributed by atoms with Crippen LogP contribution in [0.4, 0.5) is 24.5 Å². The topological polar surface area (TPSA) is 67.4 Å². The van der Waals surface area contributed by atoms with E-state index < -0.39 is 34.8 Å². The Kier molecular flexibility index (Phi) is 4.14. The van der Waals surface area contributed by atoms with Crippen molar-refractivity contribution in [3.8, 4) is 5.75 Å². The van der Waals surface area contributed by atoms with Crippen LogP contribution < -0.4 is 15.4 Å². The summed E-state index contributed by atoms with van der Waals surface area (Å²) in [4.78, 5) is 25.0. The largest absolute Gasteiger partial charge is 0.466 e. The number of aryl methyl sites for hydroxylation is 1. The molecule has 0 radical (unpaired) electrons. The summed E-state index contributed by atoms with van der Waals surface area (Å²) < 4.78 is 44.8. The highest BCUT2D eigenvalue weighted by molar-refractivity contribution is 6.19. The van der Waals surface area contributed by atoms with Crippen molar-refractivity contribution in [2.45, 2.75) is 25.6 Å². The van der Waals surface area contributed by atoms with E-state index in [1.165, 1.54) is 19.1 Å². The first kappa shape index (κ1) is 17.8. The number of nitrogens with one attached hydrogen (secondary N) is 2. The van der Waals surface area contributed by atoms with Crippen LogP contribution in [-0.2, 0) is 15.8 Å². The minimum absolute atomic E-state index is 0.261. The lowest BCUT2D eigenvalue weighted by Crippen LogP contribution is -2.56. The standard InChI is InChI=1S/C18H15F3N2O3/c1-10-7-8-14-13(9-10)23-16(25)17(2,26-14)15(24)22-12-6-4-3-5-11(12)18(19,20)21/h3-9H,1-2H3,(H,22,24)(H,23,25). The van der Waals surface area contributed by atoms with Crippen LogP contribution in [0.1, 0.15) is 18.1 Å². The molecule has 0 fully saturated rings. The third-order valence-corrected chi connectivity index (χ3v) is 4.04. The van der Waals surface area contributed by atoms with Gasteiger partial charge in [0, 0.05) is 0 Å². The van der Waals surface area contributed by atoms with Gasteiger partial charge in [-0.05, 0) is 43.7 Å². The monoisotopic (exact) mass is 364 g/mol. The van der Waals surface area contributed by atoms with Crippen LogP contribution in [-0.4, -0.2) is 17.4 Å². The maximum absolute atomic E-state index is 13.1. The van der Waals surface area contributed by atoms with Gasteiger partial charge in [-0.2, -0.15) is 13.2 Å². The van der Waals surface area contributed by atoms with Gasteiger partial charge in [0.15, 0.2) is 0 Å². The van der Waals surface area contributed by atoms with Gasteiger partial charge in [0.25, 0.3) is 17.4 Å². The van der Waals surface area contributed by atoms with Gasteiger partial charge in [0.1, 0.15) is 5.75 Å². The zero-order valence-corrected chi connectivity index (χ0v) is 13.9. The third kappa shape index (κ3) is 3.10. The Labute approximate surface area is 147 Å². The summed E-state index contributed by atoms with van der Waals surface area (Å²) in [6, 6.07) is 9.51. The van der Waals surface area contributed by atoms with Gasteiger partial charge in [0.2, 0.25) is 0 Å². The Hall–Kier alpha value is -3.03. The van der Waals surface area contributed by atoms with Gasteiger partial charge in [0.05, 0.1) is 16.9 Å². The molecule has 1 atom stereocenters. The molecule has 0 bridgehead atoms. The number of carbonyl (C=O) groups is 2. The molecule has 0 spiro atoms. The maximum atomic E-state index is 13.1. The summed E-state index contributed by atoms with van der Waals surface area (Å²) in [6.07, 6.45) is -4.65. The number of carbonyl (C=O) groups excluding carboxylic acids is 2. The Morgan fingerprint density at radius 3 is 2.58 bits per heavy atom. The van der Waals surface area contributed by atoms with E-state index in [1.807, 2.05) is 6.92 Å². The zero-order valence-electron chi connectivity index (χ0n) is 13.9. The summed E-state index contributed by atoms with van der Waals surface area (Å²) in [7, 11) is 0. The highest BCUT2D eigenvalue weighted by atomic mass is 19.4. The molecule has 0 saturated heterocycles. The van der Waals surface area contributed by atoms with Crippen molar-refractivity contribution < 1.29 is 27.5 Å². The third-order valence-electron chi connectivity index (χ3n) is 4.04. The molecule has 8 heteroatoms. The minimum Gasteiger partial charge on any atom is -0.466 e. The average molecular weight is 364 g/mol. The van der Waals surface area contributed by atoms with Crippen LogP contribution in [0.2, 0.25) is 0 Å². The minimum atomic E-state index is -4.65. The van der Waals surface area contributed by atoms with Crippen molar-refractivity contribution in [1.29, 1.82) is 0 Å². The molecular weight excluding hydrogens is 349 g/mol. The second-order valence-electron chi connectivity index (χ2n) is 6.09. The highest BCUT2D eigenvalue weighted by Crippen LogP contribution is 2.37. The fourth-order valence-electron chi connectivity index (χ4n) is 2.57. The van der Waals surface area contributed by atoms with Crippen LogP contribution in [0, 0.1) is 6.92 Å². The van der Waals surface area contributed by atoms with Crippen molar-refractivity contribution in [2.24, 2.45) is 0 Å². The second-order valence-corrected chi connectivity index (χ2v) is 6.09. The van der Waals surface area contributed by atoms with Gasteiger partial charge in [-0.1, -0.05) is 18.2 Å². The molecule has 0 aliphatic carbocycles. The number of amides is 2. The lowest BCUT2D eigenvalue weighted by molar-refractivity contribution is -0.143. The first-order valence-electron chi connectivity index (χ1n) is 7.70. The second kappa shape index (κ2) is 6.05. The average Bonchev–Trinajstić information content (AvgIpc) is 2.56. The van der Waals surface area contributed by atoms with Crippen LogP contribution in [0.5, 0.6) is 5.75 Å². The molecule has 136 valence electrons. The molecule has 2 amide bonds. The summed E-state index contributed by atoms with van der Waals surface area (Å²) in [5, 5.41) is 4.71. The van der Waals surface area contributed by atoms with E-state index in [4.69, 9.17) is 4.74 Å². The predicted octanol–water partition coefficient (Wildman–Crippen LogP) is 3.74. The van der Waals surface area contributed by atoms with Gasteiger partial charge in [-0.25, -0.2) is 0 Å². The van der Waals surface area contributed by atoms with Crippen molar-refractivity contribution >= 4 is 23.2 Å². The molecule has 3 rings (SSSR count). The molecule has 2 aromatic carbocycles. The zero-order chi connectivity index (χ0) is 19.1. The molecule has 0 aromatic heterocycles. The molecule has 2 N–H and O–H groups in total. The van der Waals surface area contributed by atoms with E-state index in [-0.39, 0.29) is 5.75 Å². The van der Waals surface area contributed by atoms with E-state index in [0.29, 0.717) is 5.69 Å². The molecule has 1 heterocycles. The van der Waals surface area contributed by atoms with Crippen LogP contribution in [0.25, 0.3) is 0 Å². The number of hydrogen-bond donors (Lipinski definition) is 2. The number of fused-ring (bicyclic) bond motifs is 1. The number of rotatable bonds is 2. The molecule has 1 aliphatic rings. The summed E-state index contributed by atoms with van der Waals surface area (Å²) in [6.45, 7) is 3.03. The van der Waals surface area contributed by atoms with Crippen LogP contribution in [0.3, 0.4) is 0 Å². The molecular formula is C18H15F3N2O3. The number of hydrogen-bond acceptors (Lipinski definition) is 3. The smallest absolute Gasteiger partial charge is 0.418 e. The Morgan fingerprint density at radius 2 is 1.88 bits per heavy atom. The van der Waals surface area contributed by atoms with E-state index in [1.54, 1.807) is 18.2 Å². The van der Waals surface area contributed by atoms with Gasteiger partial charge in [-0.3, -0.25) is 9.59 Å². The van der Waals surface area contributed by atoms with Crippen molar-refractivity contribution in [2.75, 3.05) is 10.6 Å². The van der Waals surface area contributed by atoms with Crippen molar-refractivity contribution in [1.82, 2.24) is 0 Å². The van der Waals surface area contributed by atoms with E-state index >= 15 is 0 Å². The molecule has 1 aliphatic heterocycles. The molecule has 5 nitrogen and oxygen atoms in total. The number of ether oxygens (including phenoxy) is 1. The first-order chi connectivity index (χ1) is 12.1. The first-order valence-corrected chi connectivity index (χ1v) is 7.70. The molecule has 26 heavy (non-hydrogen) atoms. The Morgan fingerprint density at radius 1 is 1.19 bits per heavy atom. The fourth-order valence-corrected chi connectivity index (χ4v) is 2.57. The Bertz CT molecular complexity index is 895. The van der Waals surface area contributed by atoms with Gasteiger partial charge < -0.3 is 15.4 Å². The number of benzene rings is 2. The van der Waals surface area contributed by atoms with Gasteiger partial charge in [-0.15, -0.1) is 0 Å². The number of anilines is 2. The number of para-hydroxylation sites is 1. The van der Waals surface area contributed by atoms with E-state index in [9.17, 15) is 22.8 Å². The summed E-state index contributed by atoms with van der Waals surface area (Å²) >= 11 is 0. The maximum Gasteiger partial charge on any atom is 0.418 e. The number of halogens is 3. The van der Waals surface area contributed by atoms with E-state index in [0.717, 1.165) is 17.7 Å². The molecule has 2 aromatic rings. The van der Waals surface area contributed by atoms with Crippen molar-refractivity contribution in [3.63, 3.8) is 0 Å². The predicted molar refractivity (Wildman–Crippen MR) is 88.9 cm³/mol. The van der Waals surface area contributed by atoms with Gasteiger partial charge >= 0.3 is 6.18 Å². The molecule has 1 unspecified atom stereocenters. The molecule has 0 saturated carbocycles. The lowest BCUT2D eigenvalue weighted by Gasteiger charge is -2.33. The van der Waals surface area contributed by atoms with Crippen LogP contribution >= 0.6 is 0 Å². The summed E-state index contributed by atoms with van der Waals surface area (Å²) in [5.74, 6) is -1.51. The number of alkyl halides is 3. The van der Waals surface area contributed by atoms with Crippen LogP contribution in [0.15, 0.2) is 42.5 Å². The SMILES string of the molecule is Cc1ccc2c(c1)NC(=O)C(C)(C(=O)Nc1ccccc1C(F)(F)F)O2. The van der Waals surface area contributed by atoms with Crippen molar-refractivity contribution in [3.05, 3.63) is 53.6 Å². The highest BCUT2D eigenvalue weighted by Gasteiger charge is 2.48. The quantitative estimate of drug-likeness (QED) is 0.798. The fraction of sp³-hybridized carbons (Fsp3) is 0.222. The lowest BCUT2D eigenvalue weighted by atomic mass is 10.0. The van der Waals surface area contributed by atoms with E-state index in [2.05, 4.69) is 10.6 Å². The Balaban J connectivity index is 1.91. The normalized spacial score (nSPS) is 19.2. The summed E-state index contributed by atoms with van der Waals surface area (Å²) in [5.41, 5.74) is -2.20.